The predicted molar refractivity (Wildman–Crippen MR) is 108 cm³/mol. The van der Waals surface area contributed by atoms with Gasteiger partial charge < -0.3 is 5.73 Å². The van der Waals surface area contributed by atoms with Crippen LogP contribution in [0.5, 0.6) is 0 Å². The van der Waals surface area contributed by atoms with E-state index in [4.69, 9.17) is 5.73 Å². The molecule has 4 aliphatic carbocycles. The van der Waals surface area contributed by atoms with Crippen molar-refractivity contribution in [3.63, 3.8) is 0 Å². The molecule has 7 atom stereocenters. The summed E-state index contributed by atoms with van der Waals surface area (Å²) < 4.78 is 0. The van der Waals surface area contributed by atoms with Crippen molar-refractivity contribution in [2.75, 3.05) is 6.54 Å². The van der Waals surface area contributed by atoms with Crippen molar-refractivity contribution >= 4 is 5.78 Å². The molecule has 1 unspecified atom stereocenters. The topological polar surface area (TPSA) is 43.1 Å². The largest absolute Gasteiger partial charge is 0.330 e. The zero-order valence-corrected chi connectivity index (χ0v) is 16.8. The Bertz CT molecular complexity index is 622. The van der Waals surface area contributed by atoms with Crippen LogP contribution in [-0.2, 0) is 4.79 Å². The maximum atomic E-state index is 12.6. The first kappa shape index (κ1) is 18.5. The summed E-state index contributed by atoms with van der Waals surface area (Å²) >= 11 is 0. The fourth-order valence-corrected chi connectivity index (χ4v) is 7.60. The fraction of sp³-hybridized carbons (Fsp3) is 0.792. The molecule has 0 spiro atoms. The summed E-state index contributed by atoms with van der Waals surface area (Å²) in [6, 6.07) is 0. The van der Waals surface area contributed by atoms with Crippen LogP contribution in [-0.4, -0.2) is 12.3 Å². The van der Waals surface area contributed by atoms with E-state index >= 15 is 0 Å². The average molecular weight is 356 g/mol. The number of ketones is 1. The van der Waals surface area contributed by atoms with Gasteiger partial charge in [0.25, 0.3) is 0 Å². The summed E-state index contributed by atoms with van der Waals surface area (Å²) in [7, 11) is 0. The molecule has 2 nitrogen and oxygen atoms in total. The molecular formula is C24H37NO. The number of carbonyl (C=O) groups is 1. The average Bonchev–Trinajstić information content (AvgIpc) is 2.92. The van der Waals surface area contributed by atoms with Crippen LogP contribution in [0.1, 0.15) is 71.6 Å². The molecule has 0 aromatic carbocycles. The third kappa shape index (κ3) is 2.66. The van der Waals surface area contributed by atoms with Gasteiger partial charge in [-0.25, -0.2) is 0 Å². The predicted octanol–water partition coefficient (Wildman–Crippen LogP) is 5.29. The number of hydrogen-bond acceptors (Lipinski definition) is 2. The van der Waals surface area contributed by atoms with Crippen LogP contribution in [0.25, 0.3) is 0 Å². The minimum atomic E-state index is -0.0210. The molecule has 0 heterocycles. The Morgan fingerprint density at radius 2 is 2.00 bits per heavy atom. The molecular weight excluding hydrogens is 318 g/mol. The number of carbonyl (C=O) groups excluding carboxylic acids is 1. The summed E-state index contributed by atoms with van der Waals surface area (Å²) in [4.78, 5) is 12.6. The van der Waals surface area contributed by atoms with Crippen LogP contribution in [0.15, 0.2) is 24.3 Å². The monoisotopic (exact) mass is 355 g/mol. The van der Waals surface area contributed by atoms with Gasteiger partial charge in [-0.15, -0.1) is 0 Å². The van der Waals surface area contributed by atoms with E-state index in [0.29, 0.717) is 34.9 Å². The lowest BCUT2D eigenvalue weighted by Gasteiger charge is -2.60. The molecule has 0 radical (unpaired) electrons. The highest BCUT2D eigenvalue weighted by Gasteiger charge is 2.60. The van der Waals surface area contributed by atoms with Crippen molar-refractivity contribution in [3.8, 4) is 0 Å². The van der Waals surface area contributed by atoms with Gasteiger partial charge in [0.2, 0.25) is 0 Å². The van der Waals surface area contributed by atoms with Crippen LogP contribution in [0.3, 0.4) is 0 Å². The van der Waals surface area contributed by atoms with Crippen molar-refractivity contribution in [3.05, 3.63) is 24.3 Å². The summed E-state index contributed by atoms with van der Waals surface area (Å²) in [6.07, 6.45) is 15.2. The van der Waals surface area contributed by atoms with Gasteiger partial charge in [0, 0.05) is 11.8 Å². The van der Waals surface area contributed by atoms with E-state index < -0.39 is 0 Å². The molecule has 2 N–H and O–H groups in total. The molecule has 0 bridgehead atoms. The first-order valence-corrected chi connectivity index (χ1v) is 11.0. The maximum Gasteiger partial charge on any atom is 0.139 e. The number of fused-ring (bicyclic) bond motifs is 5. The van der Waals surface area contributed by atoms with E-state index in [2.05, 4.69) is 32.6 Å². The van der Waals surface area contributed by atoms with Crippen LogP contribution in [0.4, 0.5) is 0 Å². The molecule has 0 amide bonds. The maximum absolute atomic E-state index is 12.6. The Labute approximate surface area is 159 Å². The lowest BCUT2D eigenvalue weighted by molar-refractivity contribution is -0.135. The van der Waals surface area contributed by atoms with Crippen molar-refractivity contribution < 1.29 is 4.79 Å². The second-order valence-electron chi connectivity index (χ2n) is 10.3. The minimum absolute atomic E-state index is 0.0210. The second-order valence-corrected chi connectivity index (χ2v) is 10.3. The van der Waals surface area contributed by atoms with Crippen LogP contribution >= 0.6 is 0 Å². The Morgan fingerprint density at radius 3 is 2.77 bits per heavy atom. The summed E-state index contributed by atoms with van der Waals surface area (Å²) in [6.45, 7) is 10.2. The van der Waals surface area contributed by atoms with Crippen molar-refractivity contribution in [2.24, 2.45) is 46.2 Å². The highest BCUT2D eigenvalue weighted by Crippen LogP contribution is 2.66. The lowest BCUT2D eigenvalue weighted by Crippen LogP contribution is -2.54. The van der Waals surface area contributed by atoms with Gasteiger partial charge in [0.1, 0.15) is 5.78 Å². The van der Waals surface area contributed by atoms with E-state index in [1.807, 2.05) is 0 Å². The molecule has 0 saturated heterocycles. The second kappa shape index (κ2) is 6.62. The van der Waals surface area contributed by atoms with Crippen molar-refractivity contribution in [2.45, 2.75) is 71.6 Å². The molecule has 4 fully saturated rings. The zero-order chi connectivity index (χ0) is 18.5. The first-order chi connectivity index (χ1) is 12.4. The third-order valence-corrected chi connectivity index (χ3v) is 9.11. The Hall–Kier alpha value is -0.890. The summed E-state index contributed by atoms with van der Waals surface area (Å²) in [5.74, 6) is 4.05. The van der Waals surface area contributed by atoms with Crippen LogP contribution < -0.4 is 5.73 Å². The summed E-state index contributed by atoms with van der Waals surface area (Å²) in [5.41, 5.74) is 7.52. The van der Waals surface area contributed by atoms with Crippen LogP contribution in [0.2, 0.25) is 0 Å². The fourth-order valence-electron chi connectivity index (χ4n) is 7.60. The van der Waals surface area contributed by atoms with E-state index in [-0.39, 0.29) is 5.41 Å². The van der Waals surface area contributed by atoms with Crippen molar-refractivity contribution in [1.29, 1.82) is 0 Å². The van der Waals surface area contributed by atoms with E-state index in [1.165, 1.54) is 37.7 Å². The van der Waals surface area contributed by atoms with Gasteiger partial charge >= 0.3 is 0 Å². The molecule has 26 heavy (non-hydrogen) atoms. The highest BCUT2D eigenvalue weighted by molar-refractivity contribution is 5.87. The molecule has 4 aliphatic rings. The minimum Gasteiger partial charge on any atom is -0.330 e. The number of rotatable bonds is 3. The van der Waals surface area contributed by atoms with E-state index in [9.17, 15) is 4.79 Å². The Kier molecular flexibility index (Phi) is 4.70. The summed E-state index contributed by atoms with van der Waals surface area (Å²) in [5, 5.41) is 0. The Balaban J connectivity index is 1.56. The van der Waals surface area contributed by atoms with Gasteiger partial charge in [0.05, 0.1) is 0 Å². The van der Waals surface area contributed by atoms with E-state index in [1.54, 1.807) is 0 Å². The number of hydrogen-bond donors (Lipinski definition) is 1. The molecule has 4 saturated carbocycles. The molecule has 0 aromatic rings. The standard InChI is InChI=1S/C24H37NO/c1-16-14-18-19-7-8-22(26)24(19,3)12-10-20(18)23(2)11-9-17(15-21(16)23)6-4-5-13-25/h4,6,17-21H,1,5,7-15,25H2,2-3H3/t17-,18+,19+,20+,21?,23-,24+/m1/s1. The molecule has 144 valence electrons. The van der Waals surface area contributed by atoms with Gasteiger partial charge in [-0.05, 0) is 92.9 Å². The first-order valence-electron chi connectivity index (χ1n) is 11.0. The van der Waals surface area contributed by atoms with Gasteiger partial charge in [-0.3, -0.25) is 4.79 Å². The number of allylic oxidation sites excluding steroid dienone is 2. The SMILES string of the molecule is C=C1C[C@@H]2[C@H](CC[C@]3(C)C(=O)CC[C@@H]23)[C@@]2(C)CC[C@@H](C=CCCN)CC12. The number of nitrogens with two attached hydrogens (primary N) is 1. The quantitative estimate of drug-likeness (QED) is 0.699. The van der Waals surface area contributed by atoms with Crippen molar-refractivity contribution in [1.82, 2.24) is 0 Å². The van der Waals surface area contributed by atoms with Gasteiger partial charge in [-0.1, -0.05) is 38.2 Å². The molecule has 4 rings (SSSR count). The molecule has 0 aromatic heterocycles. The number of Topliss-reactive ketones (excluding diaryl/α,β-unsaturated/α-hetero) is 1. The molecule has 0 aliphatic heterocycles. The lowest BCUT2D eigenvalue weighted by atomic mass is 9.44. The third-order valence-electron chi connectivity index (χ3n) is 9.11. The van der Waals surface area contributed by atoms with E-state index in [0.717, 1.165) is 38.1 Å². The Morgan fingerprint density at radius 1 is 1.19 bits per heavy atom. The van der Waals surface area contributed by atoms with Gasteiger partial charge in [0.15, 0.2) is 0 Å². The van der Waals surface area contributed by atoms with Gasteiger partial charge in [-0.2, -0.15) is 0 Å². The normalized spacial score (nSPS) is 48.3. The highest BCUT2D eigenvalue weighted by atomic mass is 16.1. The molecule has 2 heteroatoms. The zero-order valence-electron chi connectivity index (χ0n) is 16.8. The smallest absolute Gasteiger partial charge is 0.139 e. The van der Waals surface area contributed by atoms with Crippen LogP contribution in [0, 0.1) is 40.4 Å².